The van der Waals surface area contributed by atoms with Crippen LogP contribution in [0.5, 0.6) is 5.75 Å². The summed E-state index contributed by atoms with van der Waals surface area (Å²) in [6, 6.07) is 6.79. The molecule has 1 saturated carbocycles. The van der Waals surface area contributed by atoms with Gasteiger partial charge in [0.15, 0.2) is 5.78 Å². The summed E-state index contributed by atoms with van der Waals surface area (Å²) in [5.74, 6) is -4.86. The lowest BCUT2D eigenvalue weighted by Gasteiger charge is -2.41. The van der Waals surface area contributed by atoms with E-state index in [0.29, 0.717) is 49.1 Å². The Morgan fingerprint density at radius 3 is 2.32 bits per heavy atom. The summed E-state index contributed by atoms with van der Waals surface area (Å²) >= 11 is 6.86. The number of anilines is 1. The second-order valence-electron chi connectivity index (χ2n) is 24.7. The minimum Gasteiger partial charge on any atom is -0.495 e. The zero-order chi connectivity index (χ0) is 64.1. The maximum atomic E-state index is 14.5. The Bertz CT molecular complexity index is 2890. The number of nitrogens with two attached hydrogens (primary N) is 1. The Labute approximate surface area is 516 Å². The molecule has 6 rings (SSSR count). The lowest BCUT2D eigenvalue weighted by molar-refractivity contribution is -0.187. The number of urea groups is 1. The van der Waals surface area contributed by atoms with E-state index < -0.39 is 102 Å². The molecule has 3 fully saturated rings. The largest absolute Gasteiger partial charge is 0.495 e. The predicted molar refractivity (Wildman–Crippen MR) is 325 cm³/mol. The van der Waals surface area contributed by atoms with Gasteiger partial charge in [-0.3, -0.25) is 33.6 Å². The number of nitrogens with zero attached hydrogens (tertiary/aromatic N) is 2. The SMILES string of the molecule is COc1cc2cc(c1Cl)N(C)C(=O)C[C@H](OC(=O)[C@H](C)N(C)C(=O)c1ccc(CC(=O)[C@H](CCCNC(N)=O)NC(=O)[C@@H](CC(=O)CCCCC(C)OC(=O)C3CCC3)C(C)C)cc1)[C@]1(C)O[C@H]1[C@H](C)[C@@H]1C[C@@](O)(CC(=O)O1)[C@H](OC)/C=C/C=C(\C)C2. The number of aliphatic hydroxyl groups is 1. The topological polar surface area (TPSA) is 289 Å². The number of unbranched alkanes of at least 4 members (excludes halogenated alkanes) is 1. The van der Waals surface area contributed by atoms with Crippen LogP contribution in [0.4, 0.5) is 10.5 Å². The van der Waals surface area contributed by atoms with Crippen molar-refractivity contribution in [2.75, 3.05) is 39.8 Å². The Morgan fingerprint density at radius 1 is 0.989 bits per heavy atom. The molecule has 2 saturated heterocycles. The fraction of sp³-hybridized carbons (Fsp3) is 0.615. The highest BCUT2D eigenvalue weighted by molar-refractivity contribution is 6.35. The molecule has 2 aromatic rings. The number of amides is 5. The Morgan fingerprint density at radius 2 is 1.69 bits per heavy atom. The summed E-state index contributed by atoms with van der Waals surface area (Å²) in [7, 11) is 5.88. The zero-order valence-corrected chi connectivity index (χ0v) is 53.0. The number of esters is 3. The maximum Gasteiger partial charge on any atom is 0.328 e. The van der Waals surface area contributed by atoms with E-state index in [4.69, 9.17) is 45.8 Å². The number of halogens is 1. The molecule has 478 valence electrons. The van der Waals surface area contributed by atoms with Crippen molar-refractivity contribution in [3.63, 3.8) is 0 Å². The van der Waals surface area contributed by atoms with Crippen LogP contribution in [0.2, 0.25) is 5.02 Å². The summed E-state index contributed by atoms with van der Waals surface area (Å²) in [5.41, 5.74) is 4.98. The van der Waals surface area contributed by atoms with Crippen molar-refractivity contribution in [2.45, 2.75) is 199 Å². The number of primary amides is 1. The fourth-order valence-electron chi connectivity index (χ4n) is 11.6. The van der Waals surface area contributed by atoms with Crippen LogP contribution in [-0.2, 0) is 70.1 Å². The number of epoxide rings is 1. The molecule has 3 heterocycles. The van der Waals surface area contributed by atoms with Crippen molar-refractivity contribution in [1.29, 1.82) is 0 Å². The first-order valence-electron chi connectivity index (χ1n) is 30.3. The summed E-state index contributed by atoms with van der Waals surface area (Å²) in [6.45, 7) is 12.5. The van der Waals surface area contributed by atoms with Crippen molar-refractivity contribution < 1.29 is 76.7 Å². The number of ketones is 2. The van der Waals surface area contributed by atoms with Crippen molar-refractivity contribution in [3.05, 3.63) is 81.9 Å². The first-order chi connectivity index (χ1) is 41.1. The van der Waals surface area contributed by atoms with E-state index in [9.17, 15) is 48.3 Å². The number of methoxy groups -OCH3 is 2. The van der Waals surface area contributed by atoms with Gasteiger partial charge in [0, 0.05) is 70.8 Å². The van der Waals surface area contributed by atoms with E-state index in [1.54, 1.807) is 57.3 Å². The Balaban J connectivity index is 1.14. The third-order valence-electron chi connectivity index (χ3n) is 17.6. The van der Waals surface area contributed by atoms with Crippen molar-refractivity contribution >= 4 is 70.5 Å². The fourth-order valence-corrected chi connectivity index (χ4v) is 11.9. The molecule has 5 amide bonds. The van der Waals surface area contributed by atoms with Crippen LogP contribution in [0.3, 0.4) is 0 Å². The third-order valence-corrected chi connectivity index (χ3v) is 18.0. The van der Waals surface area contributed by atoms with Gasteiger partial charge in [0.1, 0.15) is 52.1 Å². The highest BCUT2D eigenvalue weighted by atomic mass is 35.5. The zero-order valence-electron chi connectivity index (χ0n) is 52.3. The molecule has 4 bridgehead atoms. The standard InChI is InChI=1S/C65H90ClN5O16/c1-37(2)47(33-46(72)21-13-12-18-39(4)84-62(79)45-19-15-20-45)59(76)69-48(22-16-28-68-63(67)80)50(73)31-42-24-26-44(27-25-42)60(77)70(8)41(6)61(78)86-54-34-55(74)71(9)49-30-43(32-51(82-10)57(49)66)29-38(3)17-14-23-53(83-11)65(81)35-52(85-56(75)36-65)40(5)58-64(54,7)87-58/h14,17,23-27,30,32,37,39-41,45,47-48,52-54,58,81H,12-13,15-16,18-22,28-29,31,33-36H2,1-11H3,(H,69,76)(H3,67,68,80)/b23-14+,38-17+/t39?,40-,41+,47+,48+,52+,53-,54+,58+,64+,65-/m1/s1. The van der Waals surface area contributed by atoms with E-state index in [1.807, 2.05) is 33.8 Å². The van der Waals surface area contributed by atoms with Gasteiger partial charge >= 0.3 is 23.9 Å². The molecule has 3 aliphatic heterocycles. The Hall–Kier alpha value is -6.68. The van der Waals surface area contributed by atoms with Gasteiger partial charge in [0.05, 0.1) is 49.8 Å². The molecule has 4 aliphatic rings. The molecule has 87 heavy (non-hydrogen) atoms. The van der Waals surface area contributed by atoms with Gasteiger partial charge in [-0.1, -0.05) is 74.7 Å². The van der Waals surface area contributed by atoms with Gasteiger partial charge in [-0.25, -0.2) is 9.59 Å². The summed E-state index contributed by atoms with van der Waals surface area (Å²) in [4.78, 5) is 124. The van der Waals surface area contributed by atoms with Gasteiger partial charge in [-0.15, -0.1) is 0 Å². The molecule has 2 aromatic carbocycles. The number of nitrogens with one attached hydrogen (secondary N) is 2. The molecule has 22 heteroatoms. The number of Topliss-reactive ketones (excluding diaryl/α,β-unsaturated/α-hetero) is 2. The van der Waals surface area contributed by atoms with Crippen molar-refractivity contribution in [1.82, 2.24) is 15.5 Å². The number of hydrogen-bond donors (Lipinski definition) is 4. The van der Waals surface area contributed by atoms with Gasteiger partial charge in [0.2, 0.25) is 11.8 Å². The van der Waals surface area contributed by atoms with E-state index >= 15 is 0 Å². The molecule has 0 radical (unpaired) electrons. The average Bonchev–Trinajstić information content (AvgIpc) is 1.59. The van der Waals surface area contributed by atoms with Crippen molar-refractivity contribution in [2.24, 2.45) is 29.4 Å². The van der Waals surface area contributed by atoms with Crippen LogP contribution >= 0.6 is 11.6 Å². The van der Waals surface area contributed by atoms with E-state index in [1.165, 1.54) is 50.1 Å². The summed E-state index contributed by atoms with van der Waals surface area (Å²) in [6.07, 6.45) is 6.12. The van der Waals surface area contributed by atoms with E-state index in [0.717, 1.165) is 30.4 Å². The Kier molecular flexibility index (Phi) is 24.7. The normalized spacial score (nSPS) is 25.6. The van der Waals surface area contributed by atoms with Crippen LogP contribution in [0, 0.1) is 23.7 Å². The lowest BCUT2D eigenvalue weighted by atomic mass is 9.78. The number of carbonyl (C=O) groups excluding carboxylic acids is 9. The predicted octanol–water partition coefficient (Wildman–Crippen LogP) is 7.65. The van der Waals surface area contributed by atoms with Crippen LogP contribution in [0.25, 0.3) is 0 Å². The number of ether oxygens (including phenoxy) is 6. The minimum absolute atomic E-state index is 0.00854. The van der Waals surface area contributed by atoms with Gasteiger partial charge in [0.25, 0.3) is 5.91 Å². The number of likely N-dealkylation sites (N-methyl/N-ethyl adjacent to an activating group) is 1. The summed E-state index contributed by atoms with van der Waals surface area (Å²) < 4.78 is 35.4. The highest BCUT2D eigenvalue weighted by Gasteiger charge is 2.64. The molecule has 0 spiro atoms. The smallest absolute Gasteiger partial charge is 0.328 e. The molecular formula is C65H90ClN5O16. The van der Waals surface area contributed by atoms with Gasteiger partial charge in [-0.2, -0.15) is 0 Å². The molecule has 21 nitrogen and oxygen atoms in total. The quantitative estimate of drug-likeness (QED) is 0.0321. The monoisotopic (exact) mass is 1230 g/mol. The number of hydrogen-bond acceptors (Lipinski definition) is 16. The number of rotatable bonds is 25. The average molecular weight is 1230 g/mol. The first-order valence-corrected chi connectivity index (χ1v) is 30.7. The number of benzene rings is 2. The lowest BCUT2D eigenvalue weighted by Crippen LogP contribution is -2.53. The molecule has 11 atom stereocenters. The van der Waals surface area contributed by atoms with Gasteiger partial charge < -0.3 is 59.7 Å². The van der Waals surface area contributed by atoms with E-state index in [-0.39, 0.29) is 91.1 Å². The maximum absolute atomic E-state index is 14.5. The number of fused-ring (bicyclic) bond motifs is 5. The second-order valence-corrected chi connectivity index (χ2v) is 25.1. The second kappa shape index (κ2) is 31.0. The molecule has 5 N–H and O–H groups in total. The minimum atomic E-state index is -1.66. The molecule has 1 aliphatic carbocycles. The molecule has 0 aromatic heterocycles. The summed E-state index contributed by atoms with van der Waals surface area (Å²) in [5, 5.41) is 17.6. The van der Waals surface area contributed by atoms with Crippen LogP contribution < -0.4 is 26.0 Å². The third kappa shape index (κ3) is 18.4. The number of allylic oxidation sites excluding steroid dienone is 3. The van der Waals surface area contributed by atoms with Crippen LogP contribution in [-0.4, -0.2) is 152 Å². The highest BCUT2D eigenvalue weighted by Crippen LogP contribution is 2.50. The number of carbonyl (C=O) groups is 9. The van der Waals surface area contributed by atoms with Crippen LogP contribution in [0.1, 0.15) is 153 Å². The van der Waals surface area contributed by atoms with Crippen molar-refractivity contribution in [3.8, 4) is 5.75 Å². The van der Waals surface area contributed by atoms with Crippen LogP contribution in [0.15, 0.2) is 60.2 Å². The van der Waals surface area contributed by atoms with E-state index in [2.05, 4.69) is 10.6 Å². The first kappa shape index (κ1) is 69.4. The molecular weight excluding hydrogens is 1140 g/mol. The van der Waals surface area contributed by atoms with Gasteiger partial charge in [-0.05, 0) is 120 Å². The molecule has 1 unspecified atom stereocenters.